The summed E-state index contributed by atoms with van der Waals surface area (Å²) in [5, 5.41) is 8.80. The van der Waals surface area contributed by atoms with Crippen LogP contribution in [0.15, 0.2) is 71.2 Å². The summed E-state index contributed by atoms with van der Waals surface area (Å²) >= 11 is 3.49. The fraction of sp³-hybridized carbons (Fsp3) is 0.136. The Morgan fingerprint density at radius 2 is 1.67 bits per heavy atom. The molecular weight excluding hydrogens is 411 g/mol. The van der Waals surface area contributed by atoms with E-state index in [-0.39, 0.29) is 12.0 Å². The van der Waals surface area contributed by atoms with E-state index in [9.17, 15) is 9.18 Å². The number of carboxylic acid groups (broad SMARTS) is 1. The molecule has 0 saturated carbocycles. The van der Waals surface area contributed by atoms with Crippen molar-refractivity contribution in [2.45, 2.75) is 19.4 Å². The minimum Gasteiger partial charge on any atom is -0.488 e. The van der Waals surface area contributed by atoms with Crippen LogP contribution in [0.1, 0.15) is 22.3 Å². The van der Waals surface area contributed by atoms with E-state index in [0.717, 1.165) is 26.9 Å². The number of aliphatic carboxylic acids is 1. The highest BCUT2D eigenvalue weighted by molar-refractivity contribution is 9.10. The number of hydrogen-bond acceptors (Lipinski definition) is 2. The summed E-state index contributed by atoms with van der Waals surface area (Å²) in [4.78, 5) is 10.7. The Balaban J connectivity index is 1.72. The molecule has 3 rings (SSSR count). The van der Waals surface area contributed by atoms with Crippen LogP contribution in [0.25, 0.3) is 0 Å². The maximum atomic E-state index is 14.1. The van der Waals surface area contributed by atoms with Crippen molar-refractivity contribution < 1.29 is 19.0 Å². The first-order chi connectivity index (χ1) is 13.0. The van der Waals surface area contributed by atoms with Crippen LogP contribution < -0.4 is 4.74 Å². The van der Waals surface area contributed by atoms with E-state index >= 15 is 0 Å². The average molecular weight is 429 g/mol. The van der Waals surface area contributed by atoms with Gasteiger partial charge >= 0.3 is 5.97 Å². The molecule has 3 aromatic rings. The van der Waals surface area contributed by atoms with Gasteiger partial charge in [-0.3, -0.25) is 4.79 Å². The highest BCUT2D eigenvalue weighted by Crippen LogP contribution is 2.28. The maximum absolute atomic E-state index is 14.1. The summed E-state index contributed by atoms with van der Waals surface area (Å²) in [7, 11) is 0. The van der Waals surface area contributed by atoms with Gasteiger partial charge in [-0.05, 0) is 62.8 Å². The molecule has 0 radical (unpaired) electrons. The second kappa shape index (κ2) is 8.82. The molecule has 5 heteroatoms. The third-order valence-electron chi connectivity index (χ3n) is 4.10. The van der Waals surface area contributed by atoms with Crippen molar-refractivity contribution in [3.8, 4) is 5.75 Å². The summed E-state index contributed by atoms with van der Waals surface area (Å²) < 4.78 is 20.8. The predicted octanol–water partition coefficient (Wildman–Crippen LogP) is 5.39. The molecule has 0 fully saturated rings. The van der Waals surface area contributed by atoms with Crippen LogP contribution in [-0.2, 0) is 24.2 Å². The molecule has 0 unspecified atom stereocenters. The van der Waals surface area contributed by atoms with Crippen molar-refractivity contribution in [1.29, 1.82) is 0 Å². The molecule has 0 amide bonds. The lowest BCUT2D eigenvalue weighted by Gasteiger charge is -2.11. The second-order valence-corrected chi connectivity index (χ2v) is 7.07. The van der Waals surface area contributed by atoms with Gasteiger partial charge in [0.1, 0.15) is 18.2 Å². The molecule has 3 aromatic carbocycles. The van der Waals surface area contributed by atoms with E-state index in [1.54, 1.807) is 6.07 Å². The summed E-state index contributed by atoms with van der Waals surface area (Å²) in [6.45, 7) is 0.460. The van der Waals surface area contributed by atoms with E-state index in [4.69, 9.17) is 9.84 Å². The van der Waals surface area contributed by atoms with Gasteiger partial charge in [0.2, 0.25) is 0 Å². The average Bonchev–Trinajstić information content (AvgIpc) is 2.65. The lowest BCUT2D eigenvalue weighted by molar-refractivity contribution is -0.136. The first-order valence-electron chi connectivity index (χ1n) is 8.45. The monoisotopic (exact) mass is 428 g/mol. The standard InChI is InChI=1S/C22H18BrFO3/c23-19-9-7-17(12-21(19)27-14-15-4-2-1-3-5-15)10-16-6-8-18(13-22(25)26)20(24)11-16/h1-9,11-12H,10,13-14H2,(H,25,26). The molecule has 0 aromatic heterocycles. The Morgan fingerprint density at radius 3 is 2.37 bits per heavy atom. The van der Waals surface area contributed by atoms with Crippen molar-refractivity contribution in [2.75, 3.05) is 0 Å². The lowest BCUT2D eigenvalue weighted by atomic mass is 10.0. The van der Waals surface area contributed by atoms with Crippen molar-refractivity contribution in [3.63, 3.8) is 0 Å². The van der Waals surface area contributed by atoms with Crippen molar-refractivity contribution in [2.24, 2.45) is 0 Å². The topological polar surface area (TPSA) is 46.5 Å². The maximum Gasteiger partial charge on any atom is 0.307 e. The van der Waals surface area contributed by atoms with Crippen molar-refractivity contribution >= 4 is 21.9 Å². The smallest absolute Gasteiger partial charge is 0.307 e. The highest BCUT2D eigenvalue weighted by Gasteiger charge is 2.09. The summed E-state index contributed by atoms with van der Waals surface area (Å²) in [5.41, 5.74) is 3.02. The minimum atomic E-state index is -1.05. The Labute approximate surface area is 165 Å². The zero-order valence-electron chi connectivity index (χ0n) is 14.5. The Hall–Kier alpha value is -2.66. The summed E-state index contributed by atoms with van der Waals surface area (Å²) in [5.74, 6) is -0.818. The van der Waals surface area contributed by atoms with Crippen LogP contribution in [0.2, 0.25) is 0 Å². The summed E-state index contributed by atoms with van der Waals surface area (Å²) in [6, 6.07) is 20.4. The van der Waals surface area contributed by atoms with Gasteiger partial charge in [-0.2, -0.15) is 0 Å². The van der Waals surface area contributed by atoms with Crippen LogP contribution in [0.3, 0.4) is 0 Å². The molecule has 1 N–H and O–H groups in total. The lowest BCUT2D eigenvalue weighted by Crippen LogP contribution is -2.03. The number of carbonyl (C=O) groups is 1. The number of hydrogen-bond donors (Lipinski definition) is 1. The molecule has 0 aliphatic heterocycles. The predicted molar refractivity (Wildman–Crippen MR) is 105 cm³/mol. The van der Waals surface area contributed by atoms with Gasteiger partial charge in [0.15, 0.2) is 0 Å². The number of ether oxygens (including phenoxy) is 1. The Kier molecular flexibility index (Phi) is 6.24. The van der Waals surface area contributed by atoms with Crippen LogP contribution in [0.5, 0.6) is 5.75 Å². The molecule has 0 spiro atoms. The van der Waals surface area contributed by atoms with Gasteiger partial charge in [-0.25, -0.2) is 4.39 Å². The van der Waals surface area contributed by atoms with E-state index in [2.05, 4.69) is 15.9 Å². The van der Waals surface area contributed by atoms with Gasteiger partial charge in [-0.15, -0.1) is 0 Å². The largest absolute Gasteiger partial charge is 0.488 e. The molecule has 0 atom stereocenters. The van der Waals surface area contributed by atoms with Crippen LogP contribution in [0, 0.1) is 5.82 Å². The Bertz CT molecular complexity index is 942. The first-order valence-corrected chi connectivity index (χ1v) is 9.25. The van der Waals surface area contributed by atoms with Gasteiger partial charge in [0, 0.05) is 0 Å². The van der Waals surface area contributed by atoms with Crippen LogP contribution in [-0.4, -0.2) is 11.1 Å². The Morgan fingerprint density at radius 1 is 0.963 bits per heavy atom. The van der Waals surface area contributed by atoms with E-state index in [1.165, 1.54) is 12.1 Å². The molecule has 0 aliphatic carbocycles. The number of rotatable bonds is 7. The normalized spacial score (nSPS) is 10.6. The minimum absolute atomic E-state index is 0.189. The van der Waals surface area contributed by atoms with Crippen LogP contribution in [0.4, 0.5) is 4.39 Å². The SMILES string of the molecule is O=C(O)Cc1ccc(Cc2ccc(Br)c(OCc3ccccc3)c2)cc1F. The zero-order chi connectivity index (χ0) is 19.2. The van der Waals surface area contributed by atoms with Gasteiger partial charge < -0.3 is 9.84 Å². The van der Waals surface area contributed by atoms with Gasteiger partial charge in [0.05, 0.1) is 10.9 Å². The van der Waals surface area contributed by atoms with Gasteiger partial charge in [0.25, 0.3) is 0 Å². The van der Waals surface area contributed by atoms with E-state index in [0.29, 0.717) is 13.0 Å². The molecule has 0 bridgehead atoms. The van der Waals surface area contributed by atoms with Crippen molar-refractivity contribution in [3.05, 3.63) is 99.3 Å². The molecular formula is C22H18BrFO3. The summed E-state index contributed by atoms with van der Waals surface area (Å²) in [6.07, 6.45) is 0.209. The highest BCUT2D eigenvalue weighted by atomic mass is 79.9. The second-order valence-electron chi connectivity index (χ2n) is 6.21. The van der Waals surface area contributed by atoms with E-state index < -0.39 is 11.8 Å². The molecule has 3 nitrogen and oxygen atoms in total. The van der Waals surface area contributed by atoms with Crippen LogP contribution >= 0.6 is 15.9 Å². The number of benzene rings is 3. The van der Waals surface area contributed by atoms with Gasteiger partial charge in [-0.1, -0.05) is 48.5 Å². The molecule has 0 heterocycles. The first kappa shape index (κ1) is 19.1. The van der Waals surface area contributed by atoms with E-state index in [1.807, 2.05) is 48.5 Å². The fourth-order valence-electron chi connectivity index (χ4n) is 2.75. The molecule has 0 saturated heterocycles. The third-order valence-corrected chi connectivity index (χ3v) is 4.76. The number of halogens is 2. The van der Waals surface area contributed by atoms with Crippen molar-refractivity contribution in [1.82, 2.24) is 0 Å². The molecule has 138 valence electrons. The molecule has 0 aliphatic rings. The molecule has 27 heavy (non-hydrogen) atoms. The fourth-order valence-corrected chi connectivity index (χ4v) is 3.11. The quantitative estimate of drug-likeness (QED) is 0.548. The third kappa shape index (κ3) is 5.41. The number of carboxylic acids is 1. The zero-order valence-corrected chi connectivity index (χ0v) is 16.1.